The van der Waals surface area contributed by atoms with Crippen molar-refractivity contribution >= 4 is 11.9 Å². The fraction of sp³-hybridized carbons (Fsp3) is 0.857. The van der Waals surface area contributed by atoms with Crippen LogP contribution < -0.4 is 0 Å². The van der Waals surface area contributed by atoms with E-state index >= 15 is 0 Å². The third kappa shape index (κ3) is 4.45. The van der Waals surface area contributed by atoms with E-state index in [1.54, 1.807) is 0 Å². The molecule has 6 nitrogen and oxygen atoms in total. The Morgan fingerprint density at radius 1 is 1.15 bits per heavy atom. The number of carbonyl (C=O) groups excluding carboxylic acids is 1. The van der Waals surface area contributed by atoms with Crippen molar-refractivity contribution < 1.29 is 24.2 Å². The van der Waals surface area contributed by atoms with Crippen LogP contribution in [0, 0.1) is 0 Å². The third-order valence-electron chi connectivity index (χ3n) is 3.96. The van der Waals surface area contributed by atoms with Crippen LogP contribution >= 0.6 is 0 Å². The molecule has 2 aliphatic rings. The van der Waals surface area contributed by atoms with Crippen molar-refractivity contribution in [3.63, 3.8) is 0 Å². The number of carbonyl (C=O) groups is 2. The first kappa shape index (κ1) is 15.3. The SMILES string of the molecule is O=C(O)CN(C(=O)CCC1CCCO1)C1CCOCC1. The minimum absolute atomic E-state index is 0.00292. The summed E-state index contributed by atoms with van der Waals surface area (Å²) in [5.74, 6) is -1.03. The molecule has 1 N–H and O–H groups in total. The third-order valence-corrected chi connectivity index (χ3v) is 3.96. The van der Waals surface area contributed by atoms with Crippen LogP contribution in [0.2, 0.25) is 0 Å². The van der Waals surface area contributed by atoms with Crippen LogP contribution in [0.15, 0.2) is 0 Å². The molecule has 1 amide bonds. The lowest BCUT2D eigenvalue weighted by Gasteiger charge is -2.33. The summed E-state index contributed by atoms with van der Waals surface area (Å²) in [6.07, 6.45) is 4.73. The van der Waals surface area contributed by atoms with Gasteiger partial charge in [0, 0.05) is 32.3 Å². The van der Waals surface area contributed by atoms with Gasteiger partial charge in [-0.2, -0.15) is 0 Å². The monoisotopic (exact) mass is 285 g/mol. The summed E-state index contributed by atoms with van der Waals surface area (Å²) in [4.78, 5) is 24.8. The minimum atomic E-state index is -0.957. The number of carboxylic acids is 1. The Morgan fingerprint density at radius 3 is 2.50 bits per heavy atom. The zero-order valence-electron chi connectivity index (χ0n) is 11.8. The molecule has 0 spiro atoms. The minimum Gasteiger partial charge on any atom is -0.480 e. The number of nitrogens with zero attached hydrogens (tertiary/aromatic N) is 1. The highest BCUT2D eigenvalue weighted by molar-refractivity contribution is 5.81. The van der Waals surface area contributed by atoms with E-state index < -0.39 is 5.97 Å². The summed E-state index contributed by atoms with van der Waals surface area (Å²) in [5, 5.41) is 8.99. The van der Waals surface area contributed by atoms with E-state index in [-0.39, 0.29) is 24.6 Å². The summed E-state index contributed by atoms with van der Waals surface area (Å²) in [7, 11) is 0. The van der Waals surface area contributed by atoms with Crippen molar-refractivity contribution in [3.8, 4) is 0 Å². The van der Waals surface area contributed by atoms with Crippen molar-refractivity contribution in [3.05, 3.63) is 0 Å². The smallest absolute Gasteiger partial charge is 0.323 e. The predicted molar refractivity (Wildman–Crippen MR) is 71.4 cm³/mol. The second-order valence-electron chi connectivity index (χ2n) is 5.43. The van der Waals surface area contributed by atoms with Gasteiger partial charge in [-0.25, -0.2) is 0 Å². The number of carboxylic acid groups (broad SMARTS) is 1. The molecular weight excluding hydrogens is 262 g/mol. The normalized spacial score (nSPS) is 23.7. The van der Waals surface area contributed by atoms with Gasteiger partial charge in [0.15, 0.2) is 0 Å². The lowest BCUT2D eigenvalue weighted by Crippen LogP contribution is -2.46. The Kier molecular flexibility index (Phi) is 5.79. The van der Waals surface area contributed by atoms with Gasteiger partial charge in [0.2, 0.25) is 5.91 Å². The fourth-order valence-corrected chi connectivity index (χ4v) is 2.86. The van der Waals surface area contributed by atoms with Gasteiger partial charge >= 0.3 is 5.97 Å². The van der Waals surface area contributed by atoms with Crippen molar-refractivity contribution in [2.45, 2.75) is 50.7 Å². The maximum Gasteiger partial charge on any atom is 0.323 e. The molecule has 0 saturated carbocycles. The Balaban J connectivity index is 1.86. The zero-order valence-corrected chi connectivity index (χ0v) is 11.8. The standard InChI is InChI=1S/C14H23NO5/c16-13(4-3-12-2-1-7-20-12)15(10-14(17)18)11-5-8-19-9-6-11/h11-12H,1-10H2,(H,17,18). The first-order chi connectivity index (χ1) is 9.66. The number of rotatable bonds is 6. The molecule has 20 heavy (non-hydrogen) atoms. The van der Waals surface area contributed by atoms with Crippen LogP contribution in [0.4, 0.5) is 0 Å². The first-order valence-electron chi connectivity index (χ1n) is 7.37. The van der Waals surface area contributed by atoms with E-state index in [0.717, 1.165) is 32.3 Å². The first-order valence-corrected chi connectivity index (χ1v) is 7.37. The Labute approximate surface area is 119 Å². The number of hydrogen-bond donors (Lipinski definition) is 1. The highest BCUT2D eigenvalue weighted by Gasteiger charge is 2.28. The van der Waals surface area contributed by atoms with Gasteiger partial charge in [0.1, 0.15) is 6.54 Å². The van der Waals surface area contributed by atoms with Crippen molar-refractivity contribution in [2.24, 2.45) is 0 Å². The average Bonchev–Trinajstić information content (AvgIpc) is 2.96. The number of ether oxygens (including phenoxy) is 2. The average molecular weight is 285 g/mol. The van der Waals surface area contributed by atoms with Gasteiger partial charge in [-0.05, 0) is 32.1 Å². The molecule has 2 saturated heterocycles. The quantitative estimate of drug-likeness (QED) is 0.789. The van der Waals surface area contributed by atoms with Gasteiger partial charge in [-0.15, -0.1) is 0 Å². The second-order valence-corrected chi connectivity index (χ2v) is 5.43. The summed E-state index contributed by atoms with van der Waals surface area (Å²) >= 11 is 0. The van der Waals surface area contributed by atoms with E-state index in [1.165, 1.54) is 4.90 Å². The second kappa shape index (κ2) is 7.59. The number of aliphatic carboxylic acids is 1. The zero-order chi connectivity index (χ0) is 14.4. The van der Waals surface area contributed by atoms with E-state index in [9.17, 15) is 9.59 Å². The maximum atomic E-state index is 12.3. The molecule has 0 aromatic rings. The van der Waals surface area contributed by atoms with E-state index in [1.807, 2.05) is 0 Å². The number of amides is 1. The van der Waals surface area contributed by atoms with Crippen LogP contribution in [0.5, 0.6) is 0 Å². The predicted octanol–water partition coefficient (Wildman–Crippen LogP) is 1.04. The molecule has 0 bridgehead atoms. The Bertz CT molecular complexity index is 334. The topological polar surface area (TPSA) is 76.1 Å². The van der Waals surface area contributed by atoms with Crippen LogP contribution in [-0.2, 0) is 19.1 Å². The molecule has 2 heterocycles. The molecule has 1 unspecified atom stereocenters. The summed E-state index contributed by atoms with van der Waals surface area (Å²) in [6, 6.07) is -0.00292. The summed E-state index contributed by atoms with van der Waals surface area (Å²) < 4.78 is 10.8. The molecule has 0 radical (unpaired) electrons. The molecular formula is C14H23NO5. The molecule has 2 aliphatic heterocycles. The Hall–Kier alpha value is -1.14. The van der Waals surface area contributed by atoms with Crippen molar-refractivity contribution in [1.29, 1.82) is 0 Å². The van der Waals surface area contributed by atoms with Crippen molar-refractivity contribution in [1.82, 2.24) is 4.90 Å². The van der Waals surface area contributed by atoms with E-state index in [0.29, 0.717) is 26.1 Å². The van der Waals surface area contributed by atoms with E-state index in [4.69, 9.17) is 14.6 Å². The summed E-state index contributed by atoms with van der Waals surface area (Å²) in [6.45, 7) is 1.76. The molecule has 0 aromatic heterocycles. The highest BCUT2D eigenvalue weighted by atomic mass is 16.5. The maximum absolute atomic E-state index is 12.3. The highest BCUT2D eigenvalue weighted by Crippen LogP contribution is 2.20. The van der Waals surface area contributed by atoms with Crippen molar-refractivity contribution in [2.75, 3.05) is 26.4 Å². The van der Waals surface area contributed by atoms with E-state index in [2.05, 4.69) is 0 Å². The lowest BCUT2D eigenvalue weighted by atomic mass is 10.0. The van der Waals surface area contributed by atoms with Gasteiger partial charge in [-0.3, -0.25) is 9.59 Å². The van der Waals surface area contributed by atoms with Crippen LogP contribution in [0.3, 0.4) is 0 Å². The lowest BCUT2D eigenvalue weighted by molar-refractivity contribution is -0.148. The molecule has 1 atom stereocenters. The van der Waals surface area contributed by atoms with Gasteiger partial charge in [0.25, 0.3) is 0 Å². The summed E-state index contributed by atoms with van der Waals surface area (Å²) in [5.41, 5.74) is 0. The molecule has 2 fully saturated rings. The fourth-order valence-electron chi connectivity index (χ4n) is 2.86. The molecule has 2 rings (SSSR count). The van der Waals surface area contributed by atoms with Crippen LogP contribution in [0.25, 0.3) is 0 Å². The molecule has 0 aliphatic carbocycles. The molecule has 0 aromatic carbocycles. The van der Waals surface area contributed by atoms with Gasteiger partial charge < -0.3 is 19.5 Å². The van der Waals surface area contributed by atoms with Crippen LogP contribution in [-0.4, -0.2) is 60.4 Å². The number of hydrogen-bond acceptors (Lipinski definition) is 4. The molecule has 114 valence electrons. The van der Waals surface area contributed by atoms with Gasteiger partial charge in [0.05, 0.1) is 6.10 Å². The Morgan fingerprint density at radius 2 is 1.90 bits per heavy atom. The van der Waals surface area contributed by atoms with Crippen LogP contribution in [0.1, 0.15) is 38.5 Å². The van der Waals surface area contributed by atoms with Gasteiger partial charge in [-0.1, -0.05) is 0 Å². The molecule has 6 heteroatoms. The largest absolute Gasteiger partial charge is 0.480 e.